The molecule has 0 aliphatic rings. The summed E-state index contributed by atoms with van der Waals surface area (Å²) in [6.45, 7) is 1.89. The second kappa shape index (κ2) is 4.40. The van der Waals surface area contributed by atoms with Crippen LogP contribution in [0.2, 0.25) is 5.02 Å². The predicted octanol–water partition coefficient (Wildman–Crippen LogP) is 3.05. The maximum absolute atomic E-state index is 8.83. The minimum atomic E-state index is 0.315. The highest BCUT2D eigenvalue weighted by molar-refractivity contribution is 9.10. The number of anilines is 1. The number of nitrogens with zero attached hydrogens (tertiary/aromatic N) is 3. The van der Waals surface area contributed by atoms with Crippen LogP contribution in [0.4, 0.5) is 5.82 Å². The Bertz CT molecular complexity index is 627. The SMILES string of the molecule is Cc1c(Cl)ccc(-n2ncc(C#N)c2N)c1Br. The number of nitrogen functional groups attached to an aromatic ring is 1. The Hall–Kier alpha value is -1.51. The summed E-state index contributed by atoms with van der Waals surface area (Å²) in [5, 5.41) is 13.6. The van der Waals surface area contributed by atoms with Gasteiger partial charge in [0.05, 0.1) is 11.9 Å². The van der Waals surface area contributed by atoms with Crippen LogP contribution < -0.4 is 5.73 Å². The lowest BCUT2D eigenvalue weighted by molar-refractivity contribution is 0.885. The largest absolute Gasteiger partial charge is 0.382 e. The second-order valence-corrected chi connectivity index (χ2v) is 4.67. The molecule has 0 bridgehead atoms. The molecule has 1 heterocycles. The molecule has 0 amide bonds. The average Bonchev–Trinajstić information content (AvgIpc) is 2.68. The molecule has 1 aromatic carbocycles. The van der Waals surface area contributed by atoms with Crippen molar-refractivity contribution in [1.29, 1.82) is 5.26 Å². The van der Waals surface area contributed by atoms with Crippen molar-refractivity contribution in [3.8, 4) is 11.8 Å². The fraction of sp³-hybridized carbons (Fsp3) is 0.0909. The van der Waals surface area contributed by atoms with Gasteiger partial charge in [-0.05, 0) is 40.5 Å². The molecule has 0 saturated heterocycles. The van der Waals surface area contributed by atoms with Crippen molar-refractivity contribution >= 4 is 33.3 Å². The van der Waals surface area contributed by atoms with E-state index in [1.807, 2.05) is 13.0 Å². The zero-order chi connectivity index (χ0) is 12.6. The summed E-state index contributed by atoms with van der Waals surface area (Å²) in [6, 6.07) is 5.54. The normalized spacial score (nSPS) is 10.2. The molecule has 0 radical (unpaired) electrons. The predicted molar refractivity (Wildman–Crippen MR) is 70.1 cm³/mol. The minimum absolute atomic E-state index is 0.315. The number of nitrogens with two attached hydrogens (primary N) is 1. The average molecular weight is 312 g/mol. The van der Waals surface area contributed by atoms with Crippen LogP contribution in [0.3, 0.4) is 0 Å². The fourth-order valence-electron chi connectivity index (χ4n) is 1.45. The molecule has 0 saturated carbocycles. The van der Waals surface area contributed by atoms with E-state index in [1.165, 1.54) is 10.9 Å². The van der Waals surface area contributed by atoms with Crippen molar-refractivity contribution < 1.29 is 0 Å². The molecule has 0 spiro atoms. The first-order valence-corrected chi connectivity index (χ1v) is 5.92. The zero-order valence-electron chi connectivity index (χ0n) is 8.91. The van der Waals surface area contributed by atoms with Crippen LogP contribution in [0, 0.1) is 18.3 Å². The standard InChI is InChI=1S/C11H8BrClN4/c1-6-8(13)2-3-9(10(6)12)17-11(15)7(4-14)5-16-17/h2-3,5H,15H2,1H3. The Labute approximate surface area is 112 Å². The number of hydrogen-bond donors (Lipinski definition) is 1. The topological polar surface area (TPSA) is 67.6 Å². The van der Waals surface area contributed by atoms with Crippen molar-refractivity contribution in [2.24, 2.45) is 0 Å². The summed E-state index contributed by atoms with van der Waals surface area (Å²) in [6.07, 6.45) is 1.44. The lowest BCUT2D eigenvalue weighted by Gasteiger charge is -2.10. The van der Waals surface area contributed by atoms with Gasteiger partial charge in [0.25, 0.3) is 0 Å². The fourth-order valence-corrected chi connectivity index (χ4v) is 2.23. The van der Waals surface area contributed by atoms with Crippen molar-refractivity contribution in [1.82, 2.24) is 9.78 Å². The minimum Gasteiger partial charge on any atom is -0.382 e. The monoisotopic (exact) mass is 310 g/mol. The van der Waals surface area contributed by atoms with Gasteiger partial charge in [0, 0.05) is 9.50 Å². The molecule has 2 N–H and O–H groups in total. The third-order valence-corrected chi connectivity index (χ3v) is 3.87. The van der Waals surface area contributed by atoms with E-state index in [4.69, 9.17) is 22.6 Å². The maximum atomic E-state index is 8.83. The Morgan fingerprint density at radius 1 is 1.53 bits per heavy atom. The highest BCUT2D eigenvalue weighted by Gasteiger charge is 2.13. The van der Waals surface area contributed by atoms with Crippen molar-refractivity contribution in [3.05, 3.63) is 39.0 Å². The van der Waals surface area contributed by atoms with Crippen LogP contribution in [-0.4, -0.2) is 9.78 Å². The van der Waals surface area contributed by atoms with E-state index in [9.17, 15) is 0 Å². The van der Waals surface area contributed by atoms with Crippen molar-refractivity contribution in [2.75, 3.05) is 5.73 Å². The molecule has 0 atom stereocenters. The molecule has 6 heteroatoms. The number of halogens is 2. The molecule has 0 aliphatic carbocycles. The van der Waals surface area contributed by atoms with Gasteiger partial charge in [-0.3, -0.25) is 0 Å². The molecule has 4 nitrogen and oxygen atoms in total. The van der Waals surface area contributed by atoms with Gasteiger partial charge < -0.3 is 5.73 Å². The van der Waals surface area contributed by atoms with Gasteiger partial charge in [-0.15, -0.1) is 0 Å². The van der Waals surface area contributed by atoms with Gasteiger partial charge in [0.15, 0.2) is 0 Å². The van der Waals surface area contributed by atoms with Crippen LogP contribution in [0.5, 0.6) is 0 Å². The molecule has 17 heavy (non-hydrogen) atoms. The smallest absolute Gasteiger partial charge is 0.145 e. The third-order valence-electron chi connectivity index (χ3n) is 2.45. The van der Waals surface area contributed by atoms with E-state index in [1.54, 1.807) is 12.1 Å². The van der Waals surface area contributed by atoms with E-state index < -0.39 is 0 Å². The Morgan fingerprint density at radius 3 is 2.82 bits per heavy atom. The molecule has 0 aliphatic heterocycles. The molecular weight excluding hydrogens is 304 g/mol. The Morgan fingerprint density at radius 2 is 2.24 bits per heavy atom. The molecule has 0 unspecified atom stereocenters. The van der Waals surface area contributed by atoms with Gasteiger partial charge in [-0.2, -0.15) is 10.4 Å². The van der Waals surface area contributed by atoms with E-state index in [2.05, 4.69) is 21.0 Å². The Kier molecular flexibility index (Phi) is 3.09. The zero-order valence-corrected chi connectivity index (χ0v) is 11.2. The number of nitriles is 1. The van der Waals surface area contributed by atoms with Gasteiger partial charge in [0.1, 0.15) is 17.5 Å². The molecule has 2 aromatic rings. The third kappa shape index (κ3) is 1.90. The summed E-state index contributed by atoms with van der Waals surface area (Å²) < 4.78 is 2.32. The van der Waals surface area contributed by atoms with E-state index >= 15 is 0 Å². The van der Waals surface area contributed by atoms with E-state index in [0.29, 0.717) is 16.4 Å². The van der Waals surface area contributed by atoms with E-state index in [-0.39, 0.29) is 0 Å². The summed E-state index contributed by atoms with van der Waals surface area (Å²) >= 11 is 9.45. The van der Waals surface area contributed by atoms with Crippen molar-refractivity contribution in [2.45, 2.75) is 6.92 Å². The number of benzene rings is 1. The van der Waals surface area contributed by atoms with Crippen LogP contribution in [-0.2, 0) is 0 Å². The molecule has 86 valence electrons. The summed E-state index contributed by atoms with van der Waals surface area (Å²) in [7, 11) is 0. The van der Waals surface area contributed by atoms with Gasteiger partial charge in [-0.1, -0.05) is 11.6 Å². The second-order valence-electron chi connectivity index (χ2n) is 3.47. The lowest BCUT2D eigenvalue weighted by Crippen LogP contribution is -2.04. The first kappa shape index (κ1) is 12.0. The van der Waals surface area contributed by atoms with Crippen LogP contribution in [0.15, 0.2) is 22.8 Å². The molecule has 0 fully saturated rings. The molecule has 1 aromatic heterocycles. The molecular formula is C11H8BrClN4. The highest BCUT2D eigenvalue weighted by atomic mass is 79.9. The summed E-state index contributed by atoms with van der Waals surface area (Å²) in [5.41, 5.74) is 7.83. The maximum Gasteiger partial charge on any atom is 0.145 e. The van der Waals surface area contributed by atoms with Crippen LogP contribution in [0.25, 0.3) is 5.69 Å². The number of hydrogen-bond acceptors (Lipinski definition) is 3. The first-order valence-electron chi connectivity index (χ1n) is 4.75. The van der Waals surface area contributed by atoms with Crippen LogP contribution in [0.1, 0.15) is 11.1 Å². The van der Waals surface area contributed by atoms with Gasteiger partial charge in [-0.25, -0.2) is 4.68 Å². The first-order chi connectivity index (χ1) is 8.06. The van der Waals surface area contributed by atoms with Gasteiger partial charge in [0.2, 0.25) is 0 Å². The molecule has 2 rings (SSSR count). The lowest BCUT2D eigenvalue weighted by atomic mass is 10.2. The van der Waals surface area contributed by atoms with Gasteiger partial charge >= 0.3 is 0 Å². The van der Waals surface area contributed by atoms with E-state index in [0.717, 1.165) is 15.7 Å². The Balaban J connectivity index is 2.66. The summed E-state index contributed by atoms with van der Waals surface area (Å²) in [4.78, 5) is 0. The van der Waals surface area contributed by atoms with Crippen LogP contribution >= 0.6 is 27.5 Å². The highest BCUT2D eigenvalue weighted by Crippen LogP contribution is 2.31. The number of aromatic nitrogens is 2. The van der Waals surface area contributed by atoms with Crippen molar-refractivity contribution in [3.63, 3.8) is 0 Å². The summed E-state index contributed by atoms with van der Waals surface area (Å²) in [5.74, 6) is 0.315. The quantitative estimate of drug-likeness (QED) is 0.880. The number of rotatable bonds is 1.